The molecule has 8 heteroatoms. The molecule has 0 radical (unpaired) electrons. The van der Waals surface area contributed by atoms with Crippen LogP contribution in [0.4, 0.5) is 23.7 Å². The Hall–Kier alpha value is -3.03. The number of urea groups is 1. The van der Waals surface area contributed by atoms with Gasteiger partial charge in [-0.2, -0.15) is 18.3 Å². The van der Waals surface area contributed by atoms with E-state index in [0.717, 1.165) is 12.1 Å². The molecule has 0 aliphatic heterocycles. The quantitative estimate of drug-likeness (QED) is 0.597. The number of phenols is 1. The predicted molar refractivity (Wildman–Crippen MR) is 79.3 cm³/mol. The lowest BCUT2D eigenvalue weighted by atomic mass is 10.2. The summed E-state index contributed by atoms with van der Waals surface area (Å²) < 4.78 is 37.7. The Morgan fingerprint density at radius 2 is 1.87 bits per heavy atom. The fourth-order valence-corrected chi connectivity index (χ4v) is 1.69. The first-order valence-electron chi connectivity index (χ1n) is 6.41. The van der Waals surface area contributed by atoms with E-state index in [-0.39, 0.29) is 11.4 Å². The first kappa shape index (κ1) is 16.3. The van der Waals surface area contributed by atoms with Crippen molar-refractivity contribution in [2.45, 2.75) is 6.18 Å². The lowest BCUT2D eigenvalue weighted by molar-refractivity contribution is -0.137. The highest BCUT2D eigenvalue weighted by Gasteiger charge is 2.30. The van der Waals surface area contributed by atoms with Crippen molar-refractivity contribution in [3.63, 3.8) is 0 Å². The predicted octanol–water partition coefficient (Wildman–Crippen LogP) is 3.57. The van der Waals surface area contributed by atoms with E-state index in [1.807, 2.05) is 0 Å². The Morgan fingerprint density at radius 1 is 1.13 bits per heavy atom. The van der Waals surface area contributed by atoms with Crippen LogP contribution in [0.5, 0.6) is 5.75 Å². The molecule has 5 nitrogen and oxygen atoms in total. The van der Waals surface area contributed by atoms with Gasteiger partial charge in [0, 0.05) is 11.3 Å². The average Bonchev–Trinajstić information content (AvgIpc) is 2.48. The van der Waals surface area contributed by atoms with Crippen LogP contribution in [0.3, 0.4) is 0 Å². The van der Waals surface area contributed by atoms with Gasteiger partial charge in [0.2, 0.25) is 0 Å². The van der Waals surface area contributed by atoms with Crippen LogP contribution < -0.4 is 10.7 Å². The molecule has 0 aliphatic carbocycles. The molecule has 23 heavy (non-hydrogen) atoms. The van der Waals surface area contributed by atoms with Crippen LogP contribution in [-0.2, 0) is 6.18 Å². The summed E-state index contributed by atoms with van der Waals surface area (Å²) >= 11 is 0. The van der Waals surface area contributed by atoms with E-state index in [1.54, 1.807) is 18.2 Å². The van der Waals surface area contributed by atoms with Gasteiger partial charge in [0.05, 0.1) is 11.8 Å². The molecule has 0 bridgehead atoms. The van der Waals surface area contributed by atoms with Crippen molar-refractivity contribution in [1.82, 2.24) is 5.43 Å². The van der Waals surface area contributed by atoms with Crippen molar-refractivity contribution in [3.05, 3.63) is 59.7 Å². The van der Waals surface area contributed by atoms with E-state index in [2.05, 4.69) is 15.8 Å². The van der Waals surface area contributed by atoms with Crippen LogP contribution in [0, 0.1) is 0 Å². The standard InChI is InChI=1S/C15H12F3N3O2/c16-15(17,18)11-5-3-6-12(8-11)20-14(23)21-19-9-10-4-1-2-7-13(10)22/h1-9,22H,(H2,20,21,23)/b19-9+. The molecule has 0 aliphatic rings. The molecular weight excluding hydrogens is 311 g/mol. The molecular formula is C15H12F3N3O2. The lowest BCUT2D eigenvalue weighted by Gasteiger charge is -2.09. The number of carbonyl (C=O) groups is 1. The van der Waals surface area contributed by atoms with Gasteiger partial charge in [0.25, 0.3) is 0 Å². The fourth-order valence-electron chi connectivity index (χ4n) is 1.69. The van der Waals surface area contributed by atoms with Crippen LogP contribution in [0.25, 0.3) is 0 Å². The van der Waals surface area contributed by atoms with Gasteiger partial charge in [-0.05, 0) is 30.3 Å². The molecule has 3 N–H and O–H groups in total. The molecule has 2 aromatic carbocycles. The van der Waals surface area contributed by atoms with Crippen molar-refractivity contribution in [1.29, 1.82) is 0 Å². The van der Waals surface area contributed by atoms with Gasteiger partial charge in [-0.1, -0.05) is 18.2 Å². The molecule has 0 aromatic heterocycles. The number of para-hydroxylation sites is 1. The summed E-state index contributed by atoms with van der Waals surface area (Å²) in [6.07, 6.45) is -3.28. The van der Waals surface area contributed by atoms with E-state index >= 15 is 0 Å². The Bertz CT molecular complexity index is 730. The Kier molecular flexibility index (Phi) is 4.85. The van der Waals surface area contributed by atoms with E-state index in [9.17, 15) is 23.1 Å². The second kappa shape index (κ2) is 6.82. The fraction of sp³-hybridized carbons (Fsp3) is 0.0667. The monoisotopic (exact) mass is 323 g/mol. The van der Waals surface area contributed by atoms with Crippen LogP contribution in [0.1, 0.15) is 11.1 Å². The van der Waals surface area contributed by atoms with Crippen LogP contribution >= 0.6 is 0 Å². The molecule has 0 saturated carbocycles. The number of hydrogen-bond donors (Lipinski definition) is 3. The Labute approximate surface area is 129 Å². The van der Waals surface area contributed by atoms with Crippen LogP contribution in [0.15, 0.2) is 53.6 Å². The van der Waals surface area contributed by atoms with Crippen LogP contribution in [0.2, 0.25) is 0 Å². The second-order valence-electron chi connectivity index (χ2n) is 4.46. The zero-order valence-corrected chi connectivity index (χ0v) is 11.6. The van der Waals surface area contributed by atoms with Gasteiger partial charge >= 0.3 is 12.2 Å². The number of benzene rings is 2. The first-order valence-corrected chi connectivity index (χ1v) is 6.41. The van der Waals surface area contributed by atoms with Gasteiger partial charge < -0.3 is 10.4 Å². The summed E-state index contributed by atoms with van der Waals surface area (Å²) in [6, 6.07) is 9.73. The van der Waals surface area contributed by atoms with Crippen molar-refractivity contribution in [2.24, 2.45) is 5.10 Å². The van der Waals surface area contributed by atoms with Gasteiger partial charge in [-0.15, -0.1) is 0 Å². The third-order valence-corrected chi connectivity index (χ3v) is 2.75. The minimum atomic E-state index is -4.49. The van der Waals surface area contributed by atoms with Crippen molar-refractivity contribution >= 4 is 17.9 Å². The summed E-state index contributed by atoms with van der Waals surface area (Å²) in [7, 11) is 0. The average molecular weight is 323 g/mol. The number of hydrazone groups is 1. The number of nitrogens with one attached hydrogen (secondary N) is 2. The molecule has 0 spiro atoms. The Balaban J connectivity index is 1.97. The molecule has 120 valence electrons. The summed E-state index contributed by atoms with van der Waals surface area (Å²) in [5, 5.41) is 15.3. The van der Waals surface area contributed by atoms with E-state index in [0.29, 0.717) is 5.56 Å². The number of anilines is 1. The topological polar surface area (TPSA) is 73.7 Å². The van der Waals surface area contributed by atoms with Gasteiger partial charge in [0.15, 0.2) is 0 Å². The minimum Gasteiger partial charge on any atom is -0.507 e. The van der Waals surface area contributed by atoms with E-state index in [1.165, 1.54) is 24.4 Å². The molecule has 2 aromatic rings. The minimum absolute atomic E-state index is 0.0173. The molecule has 2 rings (SSSR count). The highest BCUT2D eigenvalue weighted by molar-refractivity contribution is 5.90. The normalized spacial score (nSPS) is 11.4. The summed E-state index contributed by atoms with van der Waals surface area (Å²) in [6.45, 7) is 0. The molecule has 0 heterocycles. The van der Waals surface area contributed by atoms with Gasteiger partial charge in [-0.3, -0.25) is 0 Å². The number of phenolic OH excluding ortho intramolecular Hbond substituents is 1. The molecule has 0 saturated heterocycles. The Morgan fingerprint density at radius 3 is 2.57 bits per heavy atom. The molecule has 0 atom stereocenters. The lowest BCUT2D eigenvalue weighted by Crippen LogP contribution is -2.24. The molecule has 2 amide bonds. The maximum Gasteiger partial charge on any atom is 0.416 e. The highest BCUT2D eigenvalue weighted by Crippen LogP contribution is 2.30. The summed E-state index contributed by atoms with van der Waals surface area (Å²) in [5.74, 6) is -0.0173. The summed E-state index contributed by atoms with van der Waals surface area (Å²) in [5.41, 5.74) is 1.59. The number of amides is 2. The molecule has 0 fully saturated rings. The third-order valence-electron chi connectivity index (χ3n) is 2.75. The van der Waals surface area contributed by atoms with Crippen molar-refractivity contribution in [2.75, 3.05) is 5.32 Å². The maximum absolute atomic E-state index is 12.6. The number of halogens is 3. The number of carbonyl (C=O) groups excluding carboxylic acids is 1. The SMILES string of the molecule is O=C(N/N=C/c1ccccc1O)Nc1cccc(C(F)(F)F)c1. The largest absolute Gasteiger partial charge is 0.507 e. The number of aromatic hydroxyl groups is 1. The smallest absolute Gasteiger partial charge is 0.416 e. The van der Waals surface area contributed by atoms with Crippen molar-refractivity contribution in [3.8, 4) is 5.75 Å². The summed E-state index contributed by atoms with van der Waals surface area (Å²) in [4.78, 5) is 11.6. The van der Waals surface area contributed by atoms with E-state index < -0.39 is 17.8 Å². The number of rotatable bonds is 3. The number of hydrogen-bond acceptors (Lipinski definition) is 3. The second-order valence-corrected chi connectivity index (χ2v) is 4.46. The van der Waals surface area contributed by atoms with Gasteiger partial charge in [-0.25, -0.2) is 10.2 Å². The molecule has 0 unspecified atom stereocenters. The van der Waals surface area contributed by atoms with Gasteiger partial charge in [0.1, 0.15) is 5.75 Å². The highest BCUT2D eigenvalue weighted by atomic mass is 19.4. The number of nitrogens with zero attached hydrogens (tertiary/aromatic N) is 1. The van der Waals surface area contributed by atoms with Crippen LogP contribution in [-0.4, -0.2) is 17.4 Å². The zero-order chi connectivity index (χ0) is 16.9. The van der Waals surface area contributed by atoms with E-state index in [4.69, 9.17) is 0 Å². The first-order chi connectivity index (χ1) is 10.9. The zero-order valence-electron chi connectivity index (χ0n) is 11.6. The number of alkyl halides is 3. The third kappa shape index (κ3) is 4.73. The maximum atomic E-state index is 12.6. The van der Waals surface area contributed by atoms with Crippen molar-refractivity contribution < 1.29 is 23.1 Å².